The Balaban J connectivity index is 1.24. The summed E-state index contributed by atoms with van der Waals surface area (Å²) in [4.78, 5) is 36.9. The fourth-order valence-corrected chi connectivity index (χ4v) is 4.33. The van der Waals surface area contributed by atoms with Crippen molar-refractivity contribution in [2.24, 2.45) is 0 Å². The second kappa shape index (κ2) is 16.0. The first-order chi connectivity index (χ1) is 23.0. The first-order valence-corrected chi connectivity index (χ1v) is 14.8. The van der Waals surface area contributed by atoms with E-state index in [4.69, 9.17) is 28.4 Å². The lowest BCUT2D eigenvalue weighted by Gasteiger charge is -2.24. The first-order valence-electron chi connectivity index (χ1n) is 14.8. The summed E-state index contributed by atoms with van der Waals surface area (Å²) in [6, 6.07) is 23.4. The molecule has 0 aliphatic heterocycles. The van der Waals surface area contributed by atoms with E-state index < -0.39 is 23.5 Å². The maximum Gasteiger partial charge on any atom is 0.355 e. The molecule has 0 amide bonds. The number of phenolic OH excluding ortho intramolecular Hbond substituents is 1. The Morgan fingerprint density at radius 2 is 1.40 bits per heavy atom. The van der Waals surface area contributed by atoms with Crippen LogP contribution in [0, 0.1) is 0 Å². The minimum Gasteiger partial charge on any atom is -0.507 e. The van der Waals surface area contributed by atoms with Crippen molar-refractivity contribution in [2.45, 2.75) is 19.4 Å². The van der Waals surface area contributed by atoms with Crippen molar-refractivity contribution in [1.82, 2.24) is 0 Å². The molecule has 0 atom stereocenters. The summed E-state index contributed by atoms with van der Waals surface area (Å²) in [6.45, 7) is 3.33. The van der Waals surface area contributed by atoms with Crippen molar-refractivity contribution in [1.29, 1.82) is 0 Å². The minimum atomic E-state index is -1.30. The van der Waals surface area contributed by atoms with Crippen LogP contribution in [0.2, 0.25) is 0 Å². The van der Waals surface area contributed by atoms with Gasteiger partial charge >= 0.3 is 17.9 Å². The lowest BCUT2D eigenvalue weighted by molar-refractivity contribution is -0.149. The normalized spacial score (nSPS) is 11.0. The van der Waals surface area contributed by atoms with E-state index in [-0.39, 0.29) is 36.0 Å². The van der Waals surface area contributed by atoms with Gasteiger partial charge in [0.25, 0.3) is 0 Å². The van der Waals surface area contributed by atoms with E-state index >= 15 is 0 Å². The van der Waals surface area contributed by atoms with E-state index in [2.05, 4.69) is 4.74 Å². The van der Waals surface area contributed by atoms with Crippen LogP contribution in [0.4, 0.5) is 0 Å². The van der Waals surface area contributed by atoms with Gasteiger partial charge in [-0.3, -0.25) is 0 Å². The molecule has 0 heterocycles. The molecule has 0 aliphatic carbocycles. The van der Waals surface area contributed by atoms with Gasteiger partial charge in [-0.05, 0) is 97.3 Å². The molecule has 1 N–H and O–H groups in total. The van der Waals surface area contributed by atoms with Crippen molar-refractivity contribution in [3.63, 3.8) is 0 Å². The Morgan fingerprint density at radius 1 is 0.729 bits per heavy atom. The van der Waals surface area contributed by atoms with Gasteiger partial charge in [0.2, 0.25) is 5.60 Å². The summed E-state index contributed by atoms with van der Waals surface area (Å²) in [7, 11) is 4.25. The van der Waals surface area contributed by atoms with Gasteiger partial charge in [-0.2, -0.15) is 0 Å². The lowest BCUT2D eigenvalue weighted by Crippen LogP contribution is -2.41. The Hall–Kier alpha value is -5.97. The highest BCUT2D eigenvalue weighted by Crippen LogP contribution is 2.31. The molecule has 0 aromatic heterocycles. The summed E-state index contributed by atoms with van der Waals surface area (Å²) in [5.41, 5.74) is 0.901. The molecule has 0 aliphatic rings. The van der Waals surface area contributed by atoms with Gasteiger partial charge in [0.05, 0.1) is 21.3 Å². The Kier molecular flexibility index (Phi) is 11.7. The van der Waals surface area contributed by atoms with Crippen LogP contribution < -0.4 is 23.7 Å². The lowest BCUT2D eigenvalue weighted by atomic mass is 10.0. The number of aromatic hydroxyl groups is 1. The monoisotopic (exact) mass is 656 g/mol. The molecule has 4 aromatic carbocycles. The second-order valence-electron chi connectivity index (χ2n) is 10.7. The molecule has 48 heavy (non-hydrogen) atoms. The standard InChI is InChI=1S/C37H36O11/c1-37(2,48-29-15-13-27(42-3)14-16-29)36(41)47-32-18-6-24(22-33(32)43-4)7-19-34(39)46-21-20-45-28-11-8-25(9-12-28)26-10-17-30(31(38)23-26)35(40)44-5/h6-19,22-23,38H,20-21H2,1-5H3. The zero-order chi connectivity index (χ0) is 34.7. The largest absolute Gasteiger partial charge is 0.507 e. The third-order valence-corrected chi connectivity index (χ3v) is 6.91. The molecule has 250 valence electrons. The number of benzene rings is 4. The van der Waals surface area contributed by atoms with E-state index in [1.807, 2.05) is 0 Å². The van der Waals surface area contributed by atoms with Crippen LogP contribution in [0.3, 0.4) is 0 Å². The van der Waals surface area contributed by atoms with Crippen LogP contribution in [-0.4, -0.2) is 63.2 Å². The second-order valence-corrected chi connectivity index (χ2v) is 10.7. The number of rotatable bonds is 14. The van der Waals surface area contributed by atoms with Crippen LogP contribution >= 0.6 is 0 Å². The number of carbonyl (C=O) groups excluding carboxylic acids is 3. The van der Waals surface area contributed by atoms with Crippen molar-refractivity contribution in [3.05, 3.63) is 102 Å². The summed E-state index contributed by atoms with van der Waals surface area (Å²) in [5, 5.41) is 10.1. The van der Waals surface area contributed by atoms with Crippen molar-refractivity contribution >= 4 is 24.0 Å². The molecule has 11 nitrogen and oxygen atoms in total. The highest BCUT2D eigenvalue weighted by atomic mass is 16.6. The van der Waals surface area contributed by atoms with Gasteiger partial charge in [0.1, 0.15) is 41.8 Å². The Labute approximate surface area is 278 Å². The van der Waals surface area contributed by atoms with Crippen molar-refractivity contribution in [3.8, 4) is 45.6 Å². The van der Waals surface area contributed by atoms with Crippen LogP contribution in [0.25, 0.3) is 17.2 Å². The first kappa shape index (κ1) is 34.9. The zero-order valence-electron chi connectivity index (χ0n) is 27.2. The van der Waals surface area contributed by atoms with E-state index in [0.29, 0.717) is 28.4 Å². The highest BCUT2D eigenvalue weighted by molar-refractivity contribution is 5.93. The number of carbonyl (C=O) groups is 3. The fraction of sp³-hybridized carbons (Fsp3) is 0.216. The van der Waals surface area contributed by atoms with Crippen molar-refractivity contribution in [2.75, 3.05) is 34.5 Å². The maximum atomic E-state index is 12.9. The highest BCUT2D eigenvalue weighted by Gasteiger charge is 2.33. The van der Waals surface area contributed by atoms with E-state index in [0.717, 1.165) is 5.56 Å². The minimum absolute atomic E-state index is 0.0143. The molecule has 0 bridgehead atoms. The summed E-state index contributed by atoms with van der Waals surface area (Å²) in [6.07, 6.45) is 2.81. The molecule has 0 spiro atoms. The number of hydrogen-bond acceptors (Lipinski definition) is 11. The van der Waals surface area contributed by atoms with Crippen LogP contribution in [-0.2, 0) is 19.1 Å². The number of ether oxygens (including phenoxy) is 7. The smallest absolute Gasteiger partial charge is 0.355 e. The fourth-order valence-electron chi connectivity index (χ4n) is 4.33. The summed E-state index contributed by atoms with van der Waals surface area (Å²) < 4.78 is 37.5. The van der Waals surface area contributed by atoms with Crippen LogP contribution in [0.5, 0.6) is 34.5 Å². The Morgan fingerprint density at radius 3 is 2.04 bits per heavy atom. The number of methoxy groups -OCH3 is 3. The number of phenols is 1. The molecular formula is C37H36O11. The van der Waals surface area contributed by atoms with Gasteiger partial charge < -0.3 is 38.3 Å². The molecule has 0 unspecified atom stereocenters. The van der Waals surface area contributed by atoms with E-state index in [1.54, 1.807) is 99.8 Å². The molecule has 0 saturated carbocycles. The van der Waals surface area contributed by atoms with E-state index in [1.165, 1.54) is 32.4 Å². The summed E-state index contributed by atoms with van der Waals surface area (Å²) >= 11 is 0. The maximum absolute atomic E-state index is 12.9. The third kappa shape index (κ3) is 9.29. The molecule has 4 rings (SSSR count). The number of hydrogen-bond donors (Lipinski definition) is 1. The SMILES string of the molecule is COC(=O)c1ccc(-c2ccc(OCCOC(=O)C=Cc3ccc(OC(=O)C(C)(C)Oc4ccc(OC)cc4)c(OC)c3)cc2)cc1O. The predicted octanol–water partition coefficient (Wildman–Crippen LogP) is 6.26. The van der Waals surface area contributed by atoms with Gasteiger partial charge in [0, 0.05) is 6.08 Å². The third-order valence-electron chi connectivity index (χ3n) is 6.91. The molecule has 0 saturated heterocycles. The van der Waals surface area contributed by atoms with Gasteiger partial charge in [-0.25, -0.2) is 14.4 Å². The molecule has 11 heteroatoms. The quantitative estimate of drug-likeness (QED) is 0.0713. The van der Waals surface area contributed by atoms with Crippen LogP contribution in [0.15, 0.2) is 91.0 Å². The predicted molar refractivity (Wildman–Crippen MR) is 177 cm³/mol. The summed E-state index contributed by atoms with van der Waals surface area (Å²) in [5.74, 6) is 0.170. The van der Waals surface area contributed by atoms with Crippen LogP contribution in [0.1, 0.15) is 29.8 Å². The van der Waals surface area contributed by atoms with Crippen molar-refractivity contribution < 1.29 is 52.6 Å². The van der Waals surface area contributed by atoms with Gasteiger partial charge in [0.15, 0.2) is 11.5 Å². The topological polar surface area (TPSA) is 136 Å². The molecule has 0 radical (unpaired) electrons. The van der Waals surface area contributed by atoms with Gasteiger partial charge in [-0.15, -0.1) is 0 Å². The number of esters is 3. The zero-order valence-corrected chi connectivity index (χ0v) is 27.2. The average molecular weight is 657 g/mol. The average Bonchev–Trinajstić information content (AvgIpc) is 3.09. The molecule has 0 fully saturated rings. The molecule has 4 aromatic rings. The molecular weight excluding hydrogens is 620 g/mol. The Bertz CT molecular complexity index is 1760. The van der Waals surface area contributed by atoms with Gasteiger partial charge in [-0.1, -0.05) is 24.3 Å². The van der Waals surface area contributed by atoms with E-state index in [9.17, 15) is 19.5 Å².